The second-order valence-electron chi connectivity index (χ2n) is 6.01. The van der Waals surface area contributed by atoms with Gasteiger partial charge in [-0.3, -0.25) is 4.79 Å². The van der Waals surface area contributed by atoms with Crippen molar-refractivity contribution in [1.29, 1.82) is 0 Å². The van der Waals surface area contributed by atoms with Crippen LogP contribution in [0.25, 0.3) is 0 Å². The van der Waals surface area contributed by atoms with Gasteiger partial charge in [-0.25, -0.2) is 0 Å². The third-order valence-corrected chi connectivity index (χ3v) is 4.25. The summed E-state index contributed by atoms with van der Waals surface area (Å²) in [7, 11) is 0. The number of nitrogens with two attached hydrogens (primary N) is 1. The molecule has 0 aliphatic heterocycles. The lowest BCUT2D eigenvalue weighted by molar-refractivity contribution is -0.138. The maximum Gasteiger partial charge on any atom is 0.304 e. The van der Waals surface area contributed by atoms with Crippen LogP contribution in [0.15, 0.2) is 18.2 Å². The first-order valence-corrected chi connectivity index (χ1v) is 8.25. The quantitative estimate of drug-likeness (QED) is 0.684. The van der Waals surface area contributed by atoms with Gasteiger partial charge in [0.25, 0.3) is 0 Å². The summed E-state index contributed by atoms with van der Waals surface area (Å²) in [5.74, 6) is -0.268. The third-order valence-electron chi connectivity index (χ3n) is 4.08. The number of anilines is 1. The first-order chi connectivity index (χ1) is 10.4. The van der Waals surface area contributed by atoms with Crippen molar-refractivity contribution in [3.05, 3.63) is 29.3 Å². The van der Waals surface area contributed by atoms with E-state index in [0.29, 0.717) is 12.4 Å². The number of alkyl halides is 1. The van der Waals surface area contributed by atoms with Crippen molar-refractivity contribution >= 4 is 23.3 Å². The van der Waals surface area contributed by atoms with Gasteiger partial charge in [0.05, 0.1) is 6.42 Å². The van der Waals surface area contributed by atoms with Gasteiger partial charge in [0.1, 0.15) is 0 Å². The average Bonchev–Trinajstić information content (AvgIpc) is 2.46. The van der Waals surface area contributed by atoms with Crippen LogP contribution in [0, 0.1) is 6.92 Å². The van der Waals surface area contributed by atoms with E-state index in [1.54, 1.807) is 0 Å². The lowest BCUT2D eigenvalue weighted by atomic mass is 9.77. The molecular formula is C17H27ClN2O2. The summed E-state index contributed by atoms with van der Waals surface area (Å²) in [5, 5.41) is 9.20. The van der Waals surface area contributed by atoms with E-state index < -0.39 is 11.4 Å². The van der Waals surface area contributed by atoms with Crippen LogP contribution in [0.1, 0.15) is 37.8 Å². The topological polar surface area (TPSA) is 66.6 Å². The minimum Gasteiger partial charge on any atom is -0.481 e. The van der Waals surface area contributed by atoms with Crippen molar-refractivity contribution in [2.24, 2.45) is 5.73 Å². The molecule has 0 amide bonds. The molecule has 1 atom stereocenters. The zero-order chi connectivity index (χ0) is 16.8. The Kier molecular flexibility index (Phi) is 7.17. The number of hydrogen-bond donors (Lipinski definition) is 2. The van der Waals surface area contributed by atoms with Crippen molar-refractivity contribution in [2.45, 2.75) is 39.0 Å². The Morgan fingerprint density at radius 3 is 2.59 bits per heavy atom. The summed E-state index contributed by atoms with van der Waals surface area (Å²) in [5.41, 5.74) is 8.49. The van der Waals surface area contributed by atoms with Crippen molar-refractivity contribution in [3.63, 3.8) is 0 Å². The Morgan fingerprint density at radius 2 is 2.09 bits per heavy atom. The van der Waals surface area contributed by atoms with E-state index in [0.717, 1.165) is 36.3 Å². The Labute approximate surface area is 138 Å². The SMILES string of the molecule is CCCN(CCCl)c1ccc(C)c(C(C)(CN)CC(=O)O)c1. The van der Waals surface area contributed by atoms with Crippen molar-refractivity contribution in [2.75, 3.05) is 30.4 Å². The summed E-state index contributed by atoms with van der Waals surface area (Å²) >= 11 is 5.90. The molecule has 1 rings (SSSR count). The van der Waals surface area contributed by atoms with E-state index in [4.69, 9.17) is 17.3 Å². The van der Waals surface area contributed by atoms with E-state index in [9.17, 15) is 9.90 Å². The molecule has 0 saturated heterocycles. The summed E-state index contributed by atoms with van der Waals surface area (Å²) in [6.07, 6.45) is 1.06. The first kappa shape index (κ1) is 18.8. The number of aryl methyl sites for hydroxylation is 1. The maximum absolute atomic E-state index is 11.2. The molecule has 0 aromatic heterocycles. The second kappa shape index (κ2) is 8.39. The highest BCUT2D eigenvalue weighted by molar-refractivity contribution is 6.18. The van der Waals surface area contributed by atoms with Crippen LogP contribution in [-0.2, 0) is 10.2 Å². The number of halogens is 1. The van der Waals surface area contributed by atoms with Gasteiger partial charge in [-0.2, -0.15) is 0 Å². The largest absolute Gasteiger partial charge is 0.481 e. The van der Waals surface area contributed by atoms with Crippen LogP contribution >= 0.6 is 11.6 Å². The normalized spacial score (nSPS) is 13.7. The van der Waals surface area contributed by atoms with Crippen LogP contribution in [-0.4, -0.2) is 36.6 Å². The minimum atomic E-state index is -0.830. The van der Waals surface area contributed by atoms with Crippen LogP contribution < -0.4 is 10.6 Å². The predicted molar refractivity (Wildman–Crippen MR) is 93.1 cm³/mol. The molecule has 0 spiro atoms. The zero-order valence-electron chi connectivity index (χ0n) is 13.7. The number of carbonyl (C=O) groups is 1. The summed E-state index contributed by atoms with van der Waals surface area (Å²) in [4.78, 5) is 13.4. The number of aliphatic carboxylic acids is 1. The van der Waals surface area contributed by atoms with E-state index in [2.05, 4.69) is 24.0 Å². The molecule has 1 unspecified atom stereocenters. The van der Waals surface area contributed by atoms with Gasteiger partial charge in [-0.05, 0) is 36.6 Å². The lowest BCUT2D eigenvalue weighted by Crippen LogP contribution is -2.35. The second-order valence-corrected chi connectivity index (χ2v) is 6.39. The fourth-order valence-electron chi connectivity index (χ4n) is 2.81. The van der Waals surface area contributed by atoms with E-state index in [-0.39, 0.29) is 6.42 Å². The van der Waals surface area contributed by atoms with Crippen LogP contribution in [0.5, 0.6) is 0 Å². The number of rotatable bonds is 9. The van der Waals surface area contributed by atoms with Gasteiger partial charge in [0.15, 0.2) is 0 Å². The molecule has 1 aromatic rings. The fraction of sp³-hybridized carbons (Fsp3) is 0.588. The molecule has 4 nitrogen and oxygen atoms in total. The predicted octanol–water partition coefficient (Wildman–Crippen LogP) is 3.14. The molecule has 1 aromatic carbocycles. The summed E-state index contributed by atoms with van der Waals surface area (Å²) < 4.78 is 0. The van der Waals surface area contributed by atoms with E-state index in [1.807, 2.05) is 19.9 Å². The lowest BCUT2D eigenvalue weighted by Gasteiger charge is -2.31. The highest BCUT2D eigenvalue weighted by Crippen LogP contribution is 2.32. The first-order valence-electron chi connectivity index (χ1n) is 7.72. The minimum absolute atomic E-state index is 0.0249. The van der Waals surface area contributed by atoms with E-state index >= 15 is 0 Å². The van der Waals surface area contributed by atoms with Crippen LogP contribution in [0.2, 0.25) is 0 Å². The van der Waals surface area contributed by atoms with Crippen LogP contribution in [0.4, 0.5) is 5.69 Å². The van der Waals surface area contributed by atoms with Crippen molar-refractivity contribution in [3.8, 4) is 0 Å². The summed E-state index contributed by atoms with van der Waals surface area (Å²) in [6.45, 7) is 8.04. The Hall–Kier alpha value is -1.26. The Morgan fingerprint density at radius 1 is 1.41 bits per heavy atom. The number of carboxylic acid groups (broad SMARTS) is 1. The Balaban J connectivity index is 3.24. The number of carboxylic acids is 1. The molecule has 0 saturated carbocycles. The molecular weight excluding hydrogens is 300 g/mol. The molecule has 5 heteroatoms. The van der Waals surface area contributed by atoms with Crippen molar-refractivity contribution in [1.82, 2.24) is 0 Å². The molecule has 124 valence electrons. The number of benzene rings is 1. The molecule has 0 fully saturated rings. The average molecular weight is 327 g/mol. The van der Waals surface area contributed by atoms with Crippen molar-refractivity contribution < 1.29 is 9.90 Å². The molecule has 0 aliphatic rings. The highest BCUT2D eigenvalue weighted by atomic mass is 35.5. The van der Waals surface area contributed by atoms with Gasteiger partial charge in [0.2, 0.25) is 0 Å². The zero-order valence-corrected chi connectivity index (χ0v) is 14.5. The van der Waals surface area contributed by atoms with E-state index in [1.165, 1.54) is 0 Å². The third kappa shape index (κ3) is 4.62. The number of hydrogen-bond acceptors (Lipinski definition) is 3. The molecule has 0 radical (unpaired) electrons. The number of nitrogens with zero attached hydrogens (tertiary/aromatic N) is 1. The molecule has 22 heavy (non-hydrogen) atoms. The van der Waals surface area contributed by atoms with Gasteiger partial charge in [-0.15, -0.1) is 11.6 Å². The Bertz CT molecular complexity index is 501. The monoisotopic (exact) mass is 326 g/mol. The molecule has 0 heterocycles. The van der Waals surface area contributed by atoms with Crippen LogP contribution in [0.3, 0.4) is 0 Å². The van der Waals surface area contributed by atoms with Gasteiger partial charge < -0.3 is 15.7 Å². The smallest absolute Gasteiger partial charge is 0.304 e. The molecule has 0 bridgehead atoms. The van der Waals surface area contributed by atoms with Gasteiger partial charge >= 0.3 is 5.97 Å². The van der Waals surface area contributed by atoms with Gasteiger partial charge in [0, 0.05) is 36.6 Å². The molecule has 3 N–H and O–H groups in total. The standard InChI is InChI=1S/C17H27ClN2O2/c1-4-8-20(9-7-18)14-6-5-13(2)15(10-14)17(3,12-19)11-16(21)22/h5-6,10H,4,7-9,11-12,19H2,1-3H3,(H,21,22). The van der Waals surface area contributed by atoms with Gasteiger partial charge in [-0.1, -0.05) is 19.9 Å². The maximum atomic E-state index is 11.2. The molecule has 0 aliphatic carbocycles. The fourth-order valence-corrected chi connectivity index (χ4v) is 3.01. The highest BCUT2D eigenvalue weighted by Gasteiger charge is 2.30. The summed E-state index contributed by atoms with van der Waals surface area (Å²) in [6, 6.07) is 6.18.